The minimum atomic E-state index is -0.236. The van der Waals surface area contributed by atoms with Gasteiger partial charge in [-0.15, -0.1) is 0 Å². The summed E-state index contributed by atoms with van der Waals surface area (Å²) in [5.74, 6) is 0.197. The minimum absolute atomic E-state index is 0.0240. The molecule has 10 nitrogen and oxygen atoms in total. The van der Waals surface area contributed by atoms with Gasteiger partial charge in [0.2, 0.25) is 11.8 Å². The fraction of sp³-hybridized carbons (Fsp3) is 0.840. The maximum Gasteiger partial charge on any atom is 0.246 e. The van der Waals surface area contributed by atoms with Gasteiger partial charge in [-0.3, -0.25) is 14.4 Å². The summed E-state index contributed by atoms with van der Waals surface area (Å²) in [5.41, 5.74) is 0. The minimum Gasteiger partial charge on any atom is -0.379 e. The van der Waals surface area contributed by atoms with Gasteiger partial charge >= 0.3 is 0 Å². The molecule has 0 rings (SSSR count). The molecule has 0 aliphatic heterocycles. The van der Waals surface area contributed by atoms with Gasteiger partial charge in [-0.1, -0.05) is 20.3 Å². The maximum absolute atomic E-state index is 11.7. The van der Waals surface area contributed by atoms with E-state index in [2.05, 4.69) is 10.6 Å². The molecular formula is C25H46N2O8. The highest BCUT2D eigenvalue weighted by molar-refractivity contribution is 5.80. The van der Waals surface area contributed by atoms with Crippen molar-refractivity contribution >= 4 is 23.4 Å². The molecular weight excluding hydrogens is 456 g/mol. The summed E-state index contributed by atoms with van der Waals surface area (Å²) in [6.45, 7) is 8.48. The summed E-state index contributed by atoms with van der Waals surface area (Å²) in [6, 6.07) is 0. The molecule has 0 aromatic rings. The Labute approximate surface area is 210 Å². The topological polar surface area (TPSA) is 129 Å². The third-order valence-electron chi connectivity index (χ3n) is 5.19. The predicted octanol–water partition coefficient (Wildman–Crippen LogP) is 1.83. The summed E-state index contributed by atoms with van der Waals surface area (Å²) in [6.07, 6.45) is 5.29. The predicted molar refractivity (Wildman–Crippen MR) is 132 cm³/mol. The highest BCUT2D eigenvalue weighted by Crippen LogP contribution is 2.14. The van der Waals surface area contributed by atoms with Crippen LogP contribution in [0.3, 0.4) is 0 Å². The number of unbranched alkanes of at least 4 members (excludes halogenated alkanes) is 1. The summed E-state index contributed by atoms with van der Waals surface area (Å²) in [4.78, 5) is 45.9. The van der Waals surface area contributed by atoms with E-state index in [1.54, 1.807) is 6.92 Å². The van der Waals surface area contributed by atoms with Crippen molar-refractivity contribution in [2.75, 3.05) is 65.9 Å². The molecule has 0 spiro atoms. The quantitative estimate of drug-likeness (QED) is 0.181. The SMILES string of the molecule is CCC(=O)[C@@H](CC)CCCCNC(=O)COCCOCCNC(=O)COCCOCCCC(C)=O. The number of Topliss-reactive ketones (excluding diaryl/α,β-unsaturated/α-hetero) is 2. The van der Waals surface area contributed by atoms with Gasteiger partial charge in [-0.25, -0.2) is 0 Å². The average molecular weight is 503 g/mol. The largest absolute Gasteiger partial charge is 0.379 e. The molecule has 2 amide bonds. The number of hydrogen-bond donors (Lipinski definition) is 2. The van der Waals surface area contributed by atoms with Crippen molar-refractivity contribution < 1.29 is 38.1 Å². The lowest BCUT2D eigenvalue weighted by Gasteiger charge is -2.12. The summed E-state index contributed by atoms with van der Waals surface area (Å²) in [7, 11) is 0. The second-order valence-corrected chi connectivity index (χ2v) is 8.26. The first-order chi connectivity index (χ1) is 16.9. The number of hydrogen-bond acceptors (Lipinski definition) is 8. The summed E-state index contributed by atoms with van der Waals surface area (Å²) >= 11 is 0. The van der Waals surface area contributed by atoms with Gasteiger partial charge in [0.05, 0.1) is 33.0 Å². The first kappa shape index (κ1) is 33.1. The van der Waals surface area contributed by atoms with Gasteiger partial charge < -0.3 is 34.4 Å². The van der Waals surface area contributed by atoms with Crippen LogP contribution < -0.4 is 10.6 Å². The second kappa shape index (κ2) is 23.8. The van der Waals surface area contributed by atoms with Gasteiger partial charge in [0.25, 0.3) is 0 Å². The van der Waals surface area contributed by atoms with Crippen LogP contribution in [0.25, 0.3) is 0 Å². The van der Waals surface area contributed by atoms with E-state index in [1.807, 2.05) is 13.8 Å². The molecule has 0 radical (unpaired) electrons. The Kier molecular flexibility index (Phi) is 22.6. The molecule has 204 valence electrons. The van der Waals surface area contributed by atoms with E-state index < -0.39 is 0 Å². The molecule has 1 atom stereocenters. The Hall–Kier alpha value is -1.88. The monoisotopic (exact) mass is 502 g/mol. The van der Waals surface area contributed by atoms with Crippen LogP contribution in [-0.2, 0) is 38.1 Å². The number of ketones is 2. The normalized spacial score (nSPS) is 11.7. The Bertz CT molecular complexity index is 586. The molecule has 0 heterocycles. The Balaban J connectivity index is 3.41. The Morgan fingerprint density at radius 2 is 1.26 bits per heavy atom. The van der Waals surface area contributed by atoms with Crippen LogP contribution in [0.2, 0.25) is 0 Å². The lowest BCUT2D eigenvalue weighted by molar-refractivity contribution is -0.127. The van der Waals surface area contributed by atoms with E-state index in [0.717, 1.165) is 25.7 Å². The maximum atomic E-state index is 11.7. The molecule has 0 saturated carbocycles. The lowest BCUT2D eigenvalue weighted by atomic mass is 9.93. The molecule has 0 saturated heterocycles. The van der Waals surface area contributed by atoms with E-state index in [0.29, 0.717) is 71.2 Å². The third-order valence-corrected chi connectivity index (χ3v) is 5.19. The van der Waals surface area contributed by atoms with Crippen LogP contribution in [0.5, 0.6) is 0 Å². The van der Waals surface area contributed by atoms with Crippen molar-refractivity contribution in [2.45, 2.75) is 65.7 Å². The Morgan fingerprint density at radius 1 is 0.686 bits per heavy atom. The van der Waals surface area contributed by atoms with Gasteiger partial charge in [0, 0.05) is 38.5 Å². The van der Waals surface area contributed by atoms with Crippen LogP contribution in [0.4, 0.5) is 0 Å². The van der Waals surface area contributed by atoms with Crippen LogP contribution >= 0.6 is 0 Å². The van der Waals surface area contributed by atoms with E-state index in [4.69, 9.17) is 18.9 Å². The molecule has 0 aliphatic carbocycles. The van der Waals surface area contributed by atoms with Crippen molar-refractivity contribution in [2.24, 2.45) is 5.92 Å². The molecule has 10 heteroatoms. The van der Waals surface area contributed by atoms with Crippen molar-refractivity contribution in [1.29, 1.82) is 0 Å². The first-order valence-electron chi connectivity index (χ1n) is 12.8. The number of nitrogens with one attached hydrogen (secondary N) is 2. The number of ether oxygens (including phenoxy) is 4. The zero-order chi connectivity index (χ0) is 26.2. The smallest absolute Gasteiger partial charge is 0.246 e. The van der Waals surface area contributed by atoms with E-state index in [1.165, 1.54) is 0 Å². The first-order valence-corrected chi connectivity index (χ1v) is 12.8. The lowest BCUT2D eigenvalue weighted by Crippen LogP contribution is -2.31. The second-order valence-electron chi connectivity index (χ2n) is 8.26. The molecule has 0 aromatic heterocycles. The standard InChI is InChI=1S/C25H46N2O8/c1-4-22(23(29)5-2)10-6-7-11-26-24(30)19-35-18-16-33-14-12-27-25(31)20-34-17-15-32-13-8-9-21(3)28/h22H,4-20H2,1-3H3,(H,26,30)(H,27,31)/t22-/m0/s1. The summed E-state index contributed by atoms with van der Waals surface area (Å²) < 4.78 is 21.1. The van der Waals surface area contributed by atoms with Crippen LogP contribution in [-0.4, -0.2) is 89.3 Å². The van der Waals surface area contributed by atoms with Crippen LogP contribution in [0.15, 0.2) is 0 Å². The van der Waals surface area contributed by atoms with E-state index in [9.17, 15) is 19.2 Å². The summed E-state index contributed by atoms with van der Waals surface area (Å²) in [5, 5.41) is 5.49. The molecule has 0 fully saturated rings. The van der Waals surface area contributed by atoms with E-state index in [-0.39, 0.29) is 43.3 Å². The van der Waals surface area contributed by atoms with Crippen molar-refractivity contribution in [1.82, 2.24) is 10.6 Å². The molecule has 0 aromatic carbocycles. The van der Waals surface area contributed by atoms with Crippen LogP contribution in [0, 0.1) is 5.92 Å². The van der Waals surface area contributed by atoms with Crippen LogP contribution in [0.1, 0.15) is 65.7 Å². The highest BCUT2D eigenvalue weighted by Gasteiger charge is 2.13. The van der Waals surface area contributed by atoms with Gasteiger partial charge in [-0.05, 0) is 32.6 Å². The number of carbonyl (C=O) groups is 4. The number of rotatable bonds is 25. The molecule has 2 N–H and O–H groups in total. The van der Waals surface area contributed by atoms with E-state index >= 15 is 0 Å². The molecule has 0 aliphatic rings. The van der Waals surface area contributed by atoms with Gasteiger partial charge in [-0.2, -0.15) is 0 Å². The fourth-order valence-electron chi connectivity index (χ4n) is 3.18. The molecule has 0 unspecified atom stereocenters. The molecule has 0 bridgehead atoms. The molecule has 35 heavy (non-hydrogen) atoms. The average Bonchev–Trinajstić information content (AvgIpc) is 2.83. The highest BCUT2D eigenvalue weighted by atomic mass is 16.5. The number of carbonyl (C=O) groups excluding carboxylic acids is 4. The number of amides is 2. The fourth-order valence-corrected chi connectivity index (χ4v) is 3.18. The van der Waals surface area contributed by atoms with Crippen molar-refractivity contribution in [3.05, 3.63) is 0 Å². The third kappa shape index (κ3) is 22.3. The van der Waals surface area contributed by atoms with Crippen molar-refractivity contribution in [3.8, 4) is 0 Å². The zero-order valence-corrected chi connectivity index (χ0v) is 21.9. The van der Waals surface area contributed by atoms with Crippen molar-refractivity contribution in [3.63, 3.8) is 0 Å². The van der Waals surface area contributed by atoms with Gasteiger partial charge in [0.1, 0.15) is 24.8 Å². The zero-order valence-electron chi connectivity index (χ0n) is 21.9. The van der Waals surface area contributed by atoms with Gasteiger partial charge in [0.15, 0.2) is 0 Å². The Morgan fingerprint density at radius 3 is 1.83 bits per heavy atom.